The topological polar surface area (TPSA) is 74.3 Å². The molecule has 0 saturated carbocycles. The highest BCUT2D eigenvalue weighted by molar-refractivity contribution is 6.00. The molecule has 1 saturated heterocycles. The second-order valence-corrected chi connectivity index (χ2v) is 4.30. The number of imide groups is 1. The zero-order valence-electron chi connectivity index (χ0n) is 10.4. The molecular formula is C12H16N4O2. The number of hydrogen-bond donors (Lipinski definition) is 2. The number of nitrogens with one attached hydrogen (secondary N) is 2. The Morgan fingerprint density at radius 3 is 2.89 bits per heavy atom. The fraction of sp³-hybridized carbons (Fsp3) is 0.417. The predicted molar refractivity (Wildman–Crippen MR) is 66.8 cm³/mol. The van der Waals surface area contributed by atoms with Gasteiger partial charge in [-0.15, -0.1) is 0 Å². The van der Waals surface area contributed by atoms with Crippen molar-refractivity contribution in [3.8, 4) is 0 Å². The van der Waals surface area contributed by atoms with E-state index in [1.807, 2.05) is 17.0 Å². The number of nitrogens with zero attached hydrogens (tertiary/aromatic N) is 2. The lowest BCUT2D eigenvalue weighted by molar-refractivity contribution is -0.139. The second-order valence-electron chi connectivity index (χ2n) is 4.30. The Bertz CT molecular complexity index is 458. The van der Waals surface area contributed by atoms with Crippen molar-refractivity contribution in [3.63, 3.8) is 0 Å². The SMILES string of the molecule is CNc1ccc(CN2CC(=O)NC(=O)C2C)cn1. The minimum Gasteiger partial charge on any atom is -0.373 e. The average molecular weight is 248 g/mol. The van der Waals surface area contributed by atoms with Crippen LogP contribution in [0.25, 0.3) is 0 Å². The normalized spacial score (nSPS) is 20.7. The van der Waals surface area contributed by atoms with Gasteiger partial charge in [-0.1, -0.05) is 6.07 Å². The van der Waals surface area contributed by atoms with E-state index in [0.717, 1.165) is 11.4 Å². The lowest BCUT2D eigenvalue weighted by Gasteiger charge is -2.31. The molecule has 2 N–H and O–H groups in total. The molecule has 0 spiro atoms. The van der Waals surface area contributed by atoms with E-state index in [0.29, 0.717) is 6.54 Å². The van der Waals surface area contributed by atoms with E-state index in [9.17, 15) is 9.59 Å². The zero-order valence-corrected chi connectivity index (χ0v) is 10.4. The first-order chi connectivity index (χ1) is 8.60. The molecule has 2 amide bonds. The molecule has 2 heterocycles. The first-order valence-corrected chi connectivity index (χ1v) is 5.80. The Hall–Kier alpha value is -1.95. The van der Waals surface area contributed by atoms with E-state index in [1.165, 1.54) is 0 Å². The van der Waals surface area contributed by atoms with E-state index in [-0.39, 0.29) is 24.4 Å². The summed E-state index contributed by atoms with van der Waals surface area (Å²) in [5.41, 5.74) is 0.975. The molecule has 6 nitrogen and oxygen atoms in total. The van der Waals surface area contributed by atoms with Gasteiger partial charge in [0, 0.05) is 19.8 Å². The maximum Gasteiger partial charge on any atom is 0.243 e. The first-order valence-electron chi connectivity index (χ1n) is 5.80. The Labute approximate surface area is 105 Å². The third-order valence-corrected chi connectivity index (χ3v) is 3.00. The minimum atomic E-state index is -0.299. The molecule has 0 radical (unpaired) electrons. The molecule has 0 aliphatic carbocycles. The smallest absolute Gasteiger partial charge is 0.243 e. The van der Waals surface area contributed by atoms with Gasteiger partial charge in [-0.2, -0.15) is 0 Å². The van der Waals surface area contributed by atoms with Crippen molar-refractivity contribution in [2.75, 3.05) is 18.9 Å². The molecular weight excluding hydrogens is 232 g/mol. The lowest BCUT2D eigenvalue weighted by atomic mass is 10.1. The summed E-state index contributed by atoms with van der Waals surface area (Å²) in [5.74, 6) is 0.295. The van der Waals surface area contributed by atoms with E-state index < -0.39 is 0 Å². The number of aromatic nitrogens is 1. The largest absolute Gasteiger partial charge is 0.373 e. The maximum absolute atomic E-state index is 11.5. The molecule has 2 rings (SSSR count). The van der Waals surface area contributed by atoms with Crippen LogP contribution in [0.3, 0.4) is 0 Å². The van der Waals surface area contributed by atoms with E-state index in [4.69, 9.17) is 0 Å². The number of hydrogen-bond acceptors (Lipinski definition) is 5. The molecule has 18 heavy (non-hydrogen) atoms. The molecule has 1 unspecified atom stereocenters. The summed E-state index contributed by atoms with van der Waals surface area (Å²) in [4.78, 5) is 28.9. The monoisotopic (exact) mass is 248 g/mol. The van der Waals surface area contributed by atoms with Crippen LogP contribution in [0.15, 0.2) is 18.3 Å². The second kappa shape index (κ2) is 5.14. The minimum absolute atomic E-state index is 0.237. The molecule has 1 fully saturated rings. The van der Waals surface area contributed by atoms with Crippen LogP contribution in [-0.4, -0.2) is 41.3 Å². The van der Waals surface area contributed by atoms with E-state index in [1.54, 1.807) is 20.2 Å². The van der Waals surface area contributed by atoms with Gasteiger partial charge in [0.2, 0.25) is 11.8 Å². The number of piperazine rings is 1. The Balaban J connectivity index is 2.07. The fourth-order valence-corrected chi connectivity index (χ4v) is 1.86. The summed E-state index contributed by atoms with van der Waals surface area (Å²) in [5, 5.41) is 5.26. The summed E-state index contributed by atoms with van der Waals surface area (Å²) in [6.45, 7) is 2.56. The van der Waals surface area contributed by atoms with Crippen LogP contribution >= 0.6 is 0 Å². The first kappa shape index (κ1) is 12.5. The van der Waals surface area contributed by atoms with Gasteiger partial charge in [0.05, 0.1) is 12.6 Å². The average Bonchev–Trinajstić information content (AvgIpc) is 2.36. The summed E-state index contributed by atoms with van der Waals surface area (Å²) in [6.07, 6.45) is 1.75. The van der Waals surface area contributed by atoms with Crippen molar-refractivity contribution < 1.29 is 9.59 Å². The van der Waals surface area contributed by atoms with Crippen LogP contribution in [-0.2, 0) is 16.1 Å². The van der Waals surface area contributed by atoms with Crippen LogP contribution in [0.1, 0.15) is 12.5 Å². The van der Waals surface area contributed by atoms with Gasteiger partial charge < -0.3 is 5.32 Å². The Morgan fingerprint density at radius 1 is 1.50 bits per heavy atom. The van der Waals surface area contributed by atoms with E-state index >= 15 is 0 Å². The van der Waals surface area contributed by atoms with Crippen LogP contribution in [0, 0.1) is 0 Å². The standard InChI is InChI=1S/C12H16N4O2/c1-8-12(18)15-11(17)7-16(8)6-9-3-4-10(13-2)14-5-9/h3-5,8H,6-7H2,1-2H3,(H,13,14)(H,15,17,18). The zero-order chi connectivity index (χ0) is 13.1. The number of carbonyl (C=O) groups excluding carboxylic acids is 2. The van der Waals surface area contributed by atoms with Crippen LogP contribution in [0.4, 0.5) is 5.82 Å². The third kappa shape index (κ3) is 2.65. The van der Waals surface area contributed by atoms with Crippen molar-refractivity contribution in [2.45, 2.75) is 19.5 Å². The van der Waals surface area contributed by atoms with Gasteiger partial charge in [-0.25, -0.2) is 4.98 Å². The number of amides is 2. The predicted octanol–water partition coefficient (Wildman–Crippen LogP) is -0.0298. The molecule has 0 bridgehead atoms. The number of anilines is 1. The highest BCUT2D eigenvalue weighted by Gasteiger charge is 2.29. The van der Waals surface area contributed by atoms with Gasteiger partial charge in [0.15, 0.2) is 0 Å². The Morgan fingerprint density at radius 2 is 2.28 bits per heavy atom. The molecule has 1 aliphatic heterocycles. The number of carbonyl (C=O) groups is 2. The van der Waals surface area contributed by atoms with Crippen molar-refractivity contribution in [2.24, 2.45) is 0 Å². The summed E-state index contributed by atoms with van der Waals surface area (Å²) in [6, 6.07) is 3.50. The molecule has 6 heteroatoms. The third-order valence-electron chi connectivity index (χ3n) is 3.00. The van der Waals surface area contributed by atoms with E-state index in [2.05, 4.69) is 15.6 Å². The van der Waals surface area contributed by atoms with Gasteiger partial charge in [0.1, 0.15) is 5.82 Å². The summed E-state index contributed by atoms with van der Waals surface area (Å²) >= 11 is 0. The summed E-state index contributed by atoms with van der Waals surface area (Å²) in [7, 11) is 1.80. The van der Waals surface area contributed by atoms with Crippen LogP contribution in [0.2, 0.25) is 0 Å². The van der Waals surface area contributed by atoms with Gasteiger partial charge >= 0.3 is 0 Å². The van der Waals surface area contributed by atoms with Crippen molar-refractivity contribution >= 4 is 17.6 Å². The fourth-order valence-electron chi connectivity index (χ4n) is 1.86. The maximum atomic E-state index is 11.5. The van der Waals surface area contributed by atoms with Gasteiger partial charge in [0.25, 0.3) is 0 Å². The lowest BCUT2D eigenvalue weighted by Crippen LogP contribution is -2.56. The van der Waals surface area contributed by atoms with Crippen molar-refractivity contribution in [1.82, 2.24) is 15.2 Å². The summed E-state index contributed by atoms with van der Waals surface area (Å²) < 4.78 is 0. The van der Waals surface area contributed by atoms with Gasteiger partial charge in [-0.05, 0) is 18.6 Å². The molecule has 96 valence electrons. The number of pyridine rings is 1. The quantitative estimate of drug-likeness (QED) is 0.735. The highest BCUT2D eigenvalue weighted by Crippen LogP contribution is 2.12. The Kier molecular flexibility index (Phi) is 3.57. The van der Waals surface area contributed by atoms with Crippen molar-refractivity contribution in [3.05, 3.63) is 23.9 Å². The number of rotatable bonds is 3. The molecule has 1 aliphatic rings. The molecule has 1 atom stereocenters. The molecule has 1 aromatic heterocycles. The molecule has 1 aromatic rings. The molecule has 0 aromatic carbocycles. The van der Waals surface area contributed by atoms with Gasteiger partial charge in [-0.3, -0.25) is 19.8 Å². The van der Waals surface area contributed by atoms with Crippen molar-refractivity contribution in [1.29, 1.82) is 0 Å². The van der Waals surface area contributed by atoms with Crippen LogP contribution < -0.4 is 10.6 Å². The van der Waals surface area contributed by atoms with Crippen LogP contribution in [0.5, 0.6) is 0 Å². The highest BCUT2D eigenvalue weighted by atomic mass is 16.2.